The molecule has 0 aliphatic rings. The Morgan fingerprint density at radius 2 is 1.27 bits per heavy atom. The monoisotopic (exact) mass is 301 g/mol. The molecular weight excluding hydrogens is 292 g/mol. The Balaban J connectivity index is 0. The van der Waals surface area contributed by atoms with E-state index in [1.165, 1.54) is 0 Å². The van der Waals surface area contributed by atoms with Gasteiger partial charge in [0.15, 0.2) is 0 Å². The van der Waals surface area contributed by atoms with Crippen LogP contribution in [0.4, 0.5) is 0 Å². The molecule has 0 saturated heterocycles. The fourth-order valence-electron chi connectivity index (χ4n) is 0.379. The van der Waals surface area contributed by atoms with Crippen LogP contribution in [0.25, 0.3) is 0 Å². The van der Waals surface area contributed by atoms with Crippen LogP contribution in [-0.4, -0.2) is 35.5 Å². The summed E-state index contributed by atoms with van der Waals surface area (Å²) in [7, 11) is 2.27. The van der Waals surface area contributed by atoms with Crippen LogP contribution in [0.15, 0.2) is 0 Å². The Hall–Kier alpha value is 0.0795. The van der Waals surface area contributed by atoms with Gasteiger partial charge in [-0.15, -0.1) is 0 Å². The minimum atomic E-state index is -1.33. The third-order valence-electron chi connectivity index (χ3n) is 1.18. The van der Waals surface area contributed by atoms with E-state index in [1.54, 1.807) is 0 Å². The Morgan fingerprint density at radius 3 is 1.47 bits per heavy atom. The molecule has 0 spiro atoms. The van der Waals surface area contributed by atoms with Gasteiger partial charge in [0, 0.05) is 11.5 Å². The Bertz CT molecular complexity index is 197. The van der Waals surface area contributed by atoms with Crippen molar-refractivity contribution in [3.05, 3.63) is 0 Å². The van der Waals surface area contributed by atoms with Gasteiger partial charge in [0.1, 0.15) is 0 Å². The average molecular weight is 302 g/mol. The molecule has 0 rings (SSSR count). The second kappa shape index (κ2) is 9.32. The van der Waals surface area contributed by atoms with Crippen molar-refractivity contribution in [2.45, 2.75) is 12.1 Å². The molecule has 4 N–H and O–H groups in total. The van der Waals surface area contributed by atoms with Gasteiger partial charge in [-0.05, 0) is 0 Å². The average Bonchev–Trinajstić information content (AvgIpc) is 2.11. The molecule has 0 aliphatic heterocycles. The molecule has 0 fully saturated rings. The van der Waals surface area contributed by atoms with E-state index in [9.17, 15) is 19.8 Å². The first kappa shape index (κ1) is 17.5. The maximum Gasteiger partial charge on any atom is 2.00 e. The zero-order valence-electron chi connectivity index (χ0n) is 7.47. The summed E-state index contributed by atoms with van der Waals surface area (Å²) in [6.07, 6.45) is 0. The van der Waals surface area contributed by atoms with E-state index < -0.39 is 24.0 Å². The van der Waals surface area contributed by atoms with Crippen molar-refractivity contribution in [2.75, 3.05) is 11.5 Å². The summed E-state index contributed by atoms with van der Waals surface area (Å²) in [4.78, 5) is 20.3. The van der Waals surface area contributed by atoms with Crippen LogP contribution in [0.5, 0.6) is 0 Å². The van der Waals surface area contributed by atoms with Gasteiger partial charge in [-0.25, -0.2) is 0 Å². The van der Waals surface area contributed by atoms with Crippen molar-refractivity contribution in [1.82, 2.24) is 0 Å². The summed E-state index contributed by atoms with van der Waals surface area (Å²) in [5.41, 5.74) is 10.3. The molecular formula is C6H10CuN2O4S2. The normalized spacial score (nSPS) is 13.7. The number of aliphatic carboxylic acids is 2. The van der Waals surface area contributed by atoms with Crippen molar-refractivity contribution in [2.24, 2.45) is 11.5 Å². The van der Waals surface area contributed by atoms with Gasteiger partial charge in [0.25, 0.3) is 0 Å². The van der Waals surface area contributed by atoms with E-state index in [-0.39, 0.29) is 28.6 Å². The second-order valence-corrected chi connectivity index (χ2v) is 4.97. The van der Waals surface area contributed by atoms with Crippen LogP contribution in [0, 0.1) is 0 Å². The van der Waals surface area contributed by atoms with Crippen LogP contribution in [-0.2, 0) is 26.7 Å². The number of hydrogen-bond donors (Lipinski definition) is 2. The fraction of sp³-hybridized carbons (Fsp3) is 0.667. The van der Waals surface area contributed by atoms with E-state index in [0.29, 0.717) is 0 Å². The van der Waals surface area contributed by atoms with Crippen LogP contribution in [0.1, 0.15) is 0 Å². The summed E-state index contributed by atoms with van der Waals surface area (Å²) in [6.45, 7) is 0. The van der Waals surface area contributed by atoms with Crippen LogP contribution < -0.4 is 21.7 Å². The molecule has 1 radical (unpaired) electrons. The third kappa shape index (κ3) is 9.03. The number of nitrogens with two attached hydrogens (primary N) is 2. The predicted molar refractivity (Wildman–Crippen MR) is 50.9 cm³/mol. The first-order chi connectivity index (χ1) is 6.45. The van der Waals surface area contributed by atoms with Gasteiger partial charge in [-0.1, -0.05) is 21.6 Å². The molecule has 9 heteroatoms. The minimum Gasteiger partial charge on any atom is -0.548 e. The smallest absolute Gasteiger partial charge is 0.548 e. The van der Waals surface area contributed by atoms with E-state index in [1.807, 2.05) is 0 Å². The minimum absolute atomic E-state index is 0. The maximum absolute atomic E-state index is 10.1. The number of rotatable bonds is 7. The topological polar surface area (TPSA) is 132 Å². The van der Waals surface area contributed by atoms with Crippen molar-refractivity contribution in [3.8, 4) is 0 Å². The van der Waals surface area contributed by atoms with Gasteiger partial charge in [0.2, 0.25) is 0 Å². The molecule has 15 heavy (non-hydrogen) atoms. The summed E-state index contributed by atoms with van der Waals surface area (Å²) >= 11 is 0. The predicted octanol–water partition coefficient (Wildman–Crippen LogP) is -3.48. The summed E-state index contributed by atoms with van der Waals surface area (Å²) in [6, 6.07) is -2.10. The van der Waals surface area contributed by atoms with Crippen LogP contribution in [0.3, 0.4) is 0 Å². The van der Waals surface area contributed by atoms with E-state index >= 15 is 0 Å². The van der Waals surface area contributed by atoms with Crippen LogP contribution >= 0.6 is 21.6 Å². The number of carboxylic acid groups (broad SMARTS) is 2. The number of carbonyl (C=O) groups excluding carboxylic acids is 2. The summed E-state index contributed by atoms with van der Waals surface area (Å²) in [5.74, 6) is -2.37. The Morgan fingerprint density at radius 1 is 1.00 bits per heavy atom. The molecule has 91 valence electrons. The number of hydrogen-bond acceptors (Lipinski definition) is 8. The number of carbonyl (C=O) groups is 2. The first-order valence-electron chi connectivity index (χ1n) is 3.62. The number of carboxylic acids is 2. The SMILES string of the molecule is NC(CSSCC(N)C(=O)[O-])C(=O)[O-].[Cu+2]. The largest absolute Gasteiger partial charge is 2.00 e. The molecule has 0 saturated carbocycles. The molecule has 0 amide bonds. The molecule has 2 unspecified atom stereocenters. The standard InChI is InChI=1S/C6H12N2O4S2.Cu/c7-3(5(9)10)1-13-14-2-4(8)6(11)12;/h3-4H,1-2,7-8H2,(H,9,10)(H,11,12);/q;+2/p-2. The van der Waals surface area contributed by atoms with Gasteiger partial charge < -0.3 is 31.3 Å². The molecule has 0 bridgehead atoms. The molecule has 6 nitrogen and oxygen atoms in total. The van der Waals surface area contributed by atoms with Crippen LogP contribution in [0.2, 0.25) is 0 Å². The van der Waals surface area contributed by atoms with Gasteiger partial charge in [-0.2, -0.15) is 0 Å². The third-order valence-corrected chi connectivity index (χ3v) is 3.66. The molecule has 0 aromatic heterocycles. The fourth-order valence-corrected chi connectivity index (χ4v) is 2.59. The molecule has 2 atom stereocenters. The van der Waals surface area contributed by atoms with Gasteiger partial charge in [0.05, 0.1) is 24.0 Å². The van der Waals surface area contributed by atoms with E-state index in [4.69, 9.17) is 11.5 Å². The first-order valence-corrected chi connectivity index (χ1v) is 6.11. The zero-order valence-corrected chi connectivity index (χ0v) is 10.0. The summed E-state index contributed by atoms with van der Waals surface area (Å²) < 4.78 is 0. The Kier molecular flexibility index (Phi) is 10.9. The van der Waals surface area contributed by atoms with Crippen molar-refractivity contribution in [1.29, 1.82) is 0 Å². The van der Waals surface area contributed by atoms with Crippen molar-refractivity contribution < 1.29 is 36.9 Å². The van der Waals surface area contributed by atoms with Gasteiger partial charge >= 0.3 is 17.1 Å². The molecule has 0 aliphatic carbocycles. The van der Waals surface area contributed by atoms with Gasteiger partial charge in [-0.3, -0.25) is 0 Å². The van der Waals surface area contributed by atoms with Crippen molar-refractivity contribution in [3.63, 3.8) is 0 Å². The molecule has 0 heterocycles. The quantitative estimate of drug-likeness (QED) is 0.281. The summed E-state index contributed by atoms with van der Waals surface area (Å²) in [5, 5.41) is 20.3. The maximum atomic E-state index is 10.1. The van der Waals surface area contributed by atoms with E-state index in [2.05, 4.69) is 0 Å². The molecule has 0 aromatic carbocycles. The zero-order chi connectivity index (χ0) is 11.1. The molecule has 0 aromatic rings. The van der Waals surface area contributed by atoms with E-state index in [0.717, 1.165) is 21.6 Å². The second-order valence-electron chi connectivity index (χ2n) is 2.42. The van der Waals surface area contributed by atoms with Crippen molar-refractivity contribution >= 4 is 33.5 Å². The Labute approximate surface area is 105 Å².